The van der Waals surface area contributed by atoms with Gasteiger partial charge in [-0.25, -0.2) is 4.98 Å². The SMILES string of the molecule is CC(C)Oc1cccc(C(=O)NC(CCC(=O)O)c2ccccc2)n1. The van der Waals surface area contributed by atoms with E-state index in [0.717, 1.165) is 5.56 Å². The molecule has 0 bridgehead atoms. The van der Waals surface area contributed by atoms with Crippen molar-refractivity contribution in [3.8, 4) is 5.88 Å². The number of nitrogens with zero attached hydrogens (tertiary/aromatic N) is 1. The molecular weight excluding hydrogens is 320 g/mol. The van der Waals surface area contributed by atoms with Crippen molar-refractivity contribution in [2.24, 2.45) is 0 Å². The molecule has 0 fully saturated rings. The number of aliphatic carboxylic acids is 1. The maximum absolute atomic E-state index is 12.5. The van der Waals surface area contributed by atoms with Gasteiger partial charge in [0.25, 0.3) is 5.91 Å². The van der Waals surface area contributed by atoms with Gasteiger partial charge < -0.3 is 15.2 Å². The van der Waals surface area contributed by atoms with Gasteiger partial charge in [0.05, 0.1) is 12.1 Å². The number of carbonyl (C=O) groups excluding carboxylic acids is 1. The van der Waals surface area contributed by atoms with E-state index in [2.05, 4.69) is 10.3 Å². The van der Waals surface area contributed by atoms with Crippen molar-refractivity contribution in [2.45, 2.75) is 38.8 Å². The maximum atomic E-state index is 12.5. The Labute approximate surface area is 146 Å². The predicted molar refractivity (Wildman–Crippen MR) is 93.5 cm³/mol. The second-order valence-corrected chi connectivity index (χ2v) is 5.90. The van der Waals surface area contributed by atoms with Crippen molar-refractivity contribution in [3.05, 3.63) is 59.8 Å². The summed E-state index contributed by atoms with van der Waals surface area (Å²) in [5.74, 6) is -0.890. The Morgan fingerprint density at radius 3 is 2.48 bits per heavy atom. The number of pyridine rings is 1. The first-order valence-corrected chi connectivity index (χ1v) is 8.17. The summed E-state index contributed by atoms with van der Waals surface area (Å²) in [4.78, 5) is 27.6. The molecule has 6 heteroatoms. The van der Waals surface area contributed by atoms with Crippen LogP contribution in [0.15, 0.2) is 48.5 Å². The molecule has 0 radical (unpaired) electrons. The van der Waals surface area contributed by atoms with Crippen LogP contribution in [0.3, 0.4) is 0 Å². The van der Waals surface area contributed by atoms with Gasteiger partial charge in [-0.15, -0.1) is 0 Å². The minimum absolute atomic E-state index is 0.0379. The van der Waals surface area contributed by atoms with Crippen LogP contribution >= 0.6 is 0 Å². The molecule has 1 unspecified atom stereocenters. The minimum Gasteiger partial charge on any atom is -0.481 e. The summed E-state index contributed by atoms with van der Waals surface area (Å²) in [6, 6.07) is 13.9. The maximum Gasteiger partial charge on any atom is 0.303 e. The van der Waals surface area contributed by atoms with Crippen LogP contribution in [-0.4, -0.2) is 28.1 Å². The number of hydrogen-bond acceptors (Lipinski definition) is 4. The first kappa shape index (κ1) is 18.4. The lowest BCUT2D eigenvalue weighted by Crippen LogP contribution is -2.29. The molecule has 1 amide bonds. The summed E-state index contributed by atoms with van der Waals surface area (Å²) in [6.45, 7) is 3.76. The van der Waals surface area contributed by atoms with Crippen molar-refractivity contribution < 1.29 is 19.4 Å². The molecule has 1 atom stereocenters. The molecule has 25 heavy (non-hydrogen) atoms. The van der Waals surface area contributed by atoms with Crippen molar-refractivity contribution in [1.29, 1.82) is 0 Å². The molecule has 1 aromatic carbocycles. The van der Waals surface area contributed by atoms with E-state index in [1.165, 1.54) is 0 Å². The third kappa shape index (κ3) is 5.91. The van der Waals surface area contributed by atoms with E-state index in [9.17, 15) is 9.59 Å². The average Bonchev–Trinajstić information content (AvgIpc) is 2.58. The first-order chi connectivity index (χ1) is 12.0. The first-order valence-electron chi connectivity index (χ1n) is 8.17. The Bertz CT molecular complexity index is 716. The van der Waals surface area contributed by atoms with E-state index in [1.54, 1.807) is 18.2 Å². The Kier molecular flexibility index (Phi) is 6.51. The van der Waals surface area contributed by atoms with E-state index in [-0.39, 0.29) is 24.1 Å². The van der Waals surface area contributed by atoms with E-state index in [0.29, 0.717) is 12.3 Å². The fourth-order valence-corrected chi connectivity index (χ4v) is 2.36. The largest absolute Gasteiger partial charge is 0.481 e. The van der Waals surface area contributed by atoms with Gasteiger partial charge in [-0.05, 0) is 31.9 Å². The van der Waals surface area contributed by atoms with E-state index in [1.807, 2.05) is 44.2 Å². The molecular formula is C19H22N2O4. The highest BCUT2D eigenvalue weighted by Gasteiger charge is 2.18. The fraction of sp³-hybridized carbons (Fsp3) is 0.316. The molecule has 6 nitrogen and oxygen atoms in total. The zero-order valence-electron chi connectivity index (χ0n) is 14.3. The summed E-state index contributed by atoms with van der Waals surface area (Å²) in [6.07, 6.45) is 0.218. The Morgan fingerprint density at radius 2 is 1.84 bits per heavy atom. The lowest BCUT2D eigenvalue weighted by Gasteiger charge is -2.18. The Hall–Kier alpha value is -2.89. The molecule has 0 aliphatic rings. The zero-order chi connectivity index (χ0) is 18.2. The molecule has 1 aromatic heterocycles. The number of benzene rings is 1. The standard InChI is InChI=1S/C19H22N2O4/c1-13(2)25-17-10-6-9-16(20-17)19(24)21-15(11-12-18(22)23)14-7-4-3-5-8-14/h3-10,13,15H,11-12H2,1-2H3,(H,21,24)(H,22,23). The van der Waals surface area contributed by atoms with Crippen molar-refractivity contribution >= 4 is 11.9 Å². The van der Waals surface area contributed by atoms with Gasteiger partial charge in [-0.2, -0.15) is 0 Å². The highest BCUT2D eigenvalue weighted by Crippen LogP contribution is 2.19. The van der Waals surface area contributed by atoms with Gasteiger partial charge in [0.1, 0.15) is 5.69 Å². The number of aromatic nitrogens is 1. The van der Waals surface area contributed by atoms with Crippen LogP contribution in [0.25, 0.3) is 0 Å². The summed E-state index contributed by atoms with van der Waals surface area (Å²) < 4.78 is 5.50. The molecule has 0 aliphatic carbocycles. The number of nitrogens with one attached hydrogen (secondary N) is 1. The third-order valence-electron chi connectivity index (χ3n) is 3.47. The van der Waals surface area contributed by atoms with Gasteiger partial charge in [0.15, 0.2) is 0 Å². The summed E-state index contributed by atoms with van der Waals surface area (Å²) in [5, 5.41) is 11.8. The monoisotopic (exact) mass is 342 g/mol. The molecule has 2 rings (SSSR count). The second-order valence-electron chi connectivity index (χ2n) is 5.90. The van der Waals surface area contributed by atoms with Crippen LogP contribution in [0.5, 0.6) is 5.88 Å². The molecule has 132 valence electrons. The zero-order valence-corrected chi connectivity index (χ0v) is 14.3. The highest BCUT2D eigenvalue weighted by atomic mass is 16.5. The number of carboxylic acid groups (broad SMARTS) is 1. The van der Waals surface area contributed by atoms with E-state index >= 15 is 0 Å². The van der Waals surface area contributed by atoms with Crippen molar-refractivity contribution in [2.75, 3.05) is 0 Å². The minimum atomic E-state index is -0.902. The van der Waals surface area contributed by atoms with Gasteiger partial charge in [0.2, 0.25) is 5.88 Å². The number of amides is 1. The lowest BCUT2D eigenvalue weighted by atomic mass is 10.0. The summed E-state index contributed by atoms with van der Waals surface area (Å²) >= 11 is 0. The van der Waals surface area contributed by atoms with Crippen LogP contribution in [0.1, 0.15) is 48.8 Å². The fourth-order valence-electron chi connectivity index (χ4n) is 2.36. The van der Waals surface area contributed by atoms with Crippen molar-refractivity contribution in [1.82, 2.24) is 10.3 Å². The summed E-state index contributed by atoms with van der Waals surface area (Å²) in [7, 11) is 0. The van der Waals surface area contributed by atoms with Crippen LogP contribution in [0.2, 0.25) is 0 Å². The number of hydrogen-bond donors (Lipinski definition) is 2. The topological polar surface area (TPSA) is 88.5 Å². The normalized spacial score (nSPS) is 11.8. The third-order valence-corrected chi connectivity index (χ3v) is 3.47. The highest BCUT2D eigenvalue weighted by molar-refractivity contribution is 5.92. The smallest absolute Gasteiger partial charge is 0.303 e. The Morgan fingerprint density at radius 1 is 1.12 bits per heavy atom. The molecule has 0 aliphatic heterocycles. The quantitative estimate of drug-likeness (QED) is 0.769. The van der Waals surface area contributed by atoms with Crippen LogP contribution < -0.4 is 10.1 Å². The summed E-state index contributed by atoms with van der Waals surface area (Å²) in [5.41, 5.74) is 1.08. The molecule has 1 heterocycles. The van der Waals surface area contributed by atoms with Gasteiger partial charge in [-0.3, -0.25) is 9.59 Å². The van der Waals surface area contributed by atoms with E-state index in [4.69, 9.17) is 9.84 Å². The van der Waals surface area contributed by atoms with Crippen LogP contribution in [0.4, 0.5) is 0 Å². The Balaban J connectivity index is 2.14. The molecule has 2 aromatic rings. The lowest BCUT2D eigenvalue weighted by molar-refractivity contribution is -0.137. The number of carbonyl (C=O) groups is 2. The van der Waals surface area contributed by atoms with Crippen molar-refractivity contribution in [3.63, 3.8) is 0 Å². The van der Waals surface area contributed by atoms with E-state index < -0.39 is 12.0 Å². The number of rotatable bonds is 8. The van der Waals surface area contributed by atoms with Crippen LogP contribution in [-0.2, 0) is 4.79 Å². The molecule has 0 saturated carbocycles. The molecule has 0 saturated heterocycles. The molecule has 2 N–H and O–H groups in total. The average molecular weight is 342 g/mol. The molecule has 0 spiro atoms. The predicted octanol–water partition coefficient (Wildman–Crippen LogP) is 3.20. The second kappa shape index (κ2) is 8.82. The number of carboxylic acids is 1. The van der Waals surface area contributed by atoms with Gasteiger partial charge >= 0.3 is 5.97 Å². The van der Waals surface area contributed by atoms with Gasteiger partial charge in [-0.1, -0.05) is 36.4 Å². The number of ether oxygens (including phenoxy) is 1. The van der Waals surface area contributed by atoms with Gasteiger partial charge in [0, 0.05) is 12.5 Å². The van der Waals surface area contributed by atoms with Crippen LogP contribution in [0, 0.1) is 0 Å².